The highest BCUT2D eigenvalue weighted by molar-refractivity contribution is 5.97. The van der Waals surface area contributed by atoms with Crippen LogP contribution >= 0.6 is 0 Å². The fourth-order valence-electron chi connectivity index (χ4n) is 2.51. The maximum Gasteiger partial charge on any atom is 0.276 e. The number of nitrogens with zero attached hydrogens (tertiary/aromatic N) is 2. The molecule has 23 heavy (non-hydrogen) atoms. The summed E-state index contributed by atoms with van der Waals surface area (Å²) in [4.78, 5) is 25.9. The molecule has 6 heteroatoms. The molecule has 0 atom stereocenters. The van der Waals surface area contributed by atoms with E-state index < -0.39 is 0 Å². The molecule has 0 spiro atoms. The van der Waals surface area contributed by atoms with Gasteiger partial charge in [-0.2, -0.15) is 0 Å². The minimum absolute atomic E-state index is 0.0605. The minimum atomic E-state index is -0.196. The SMILES string of the molecule is CCc1ccc(NC(=O)C2CN(C(=O)c3cc(C)on3)C2)cc1. The van der Waals surface area contributed by atoms with E-state index in [1.807, 2.05) is 24.3 Å². The van der Waals surface area contributed by atoms with E-state index in [9.17, 15) is 9.59 Å². The Balaban J connectivity index is 1.52. The molecular formula is C17H19N3O3. The van der Waals surface area contributed by atoms with Crippen LogP contribution in [0.25, 0.3) is 0 Å². The lowest BCUT2D eigenvalue weighted by Crippen LogP contribution is -2.54. The zero-order chi connectivity index (χ0) is 16.4. The van der Waals surface area contributed by atoms with Crippen molar-refractivity contribution in [1.82, 2.24) is 10.1 Å². The zero-order valence-electron chi connectivity index (χ0n) is 13.2. The summed E-state index contributed by atoms with van der Waals surface area (Å²) >= 11 is 0. The van der Waals surface area contributed by atoms with Crippen molar-refractivity contribution in [2.24, 2.45) is 5.92 Å². The molecule has 2 aromatic rings. The highest BCUT2D eigenvalue weighted by atomic mass is 16.5. The Morgan fingerprint density at radius 1 is 1.30 bits per heavy atom. The van der Waals surface area contributed by atoms with Gasteiger partial charge in [0.05, 0.1) is 5.92 Å². The molecule has 0 radical (unpaired) electrons. The Hall–Kier alpha value is -2.63. The van der Waals surface area contributed by atoms with E-state index in [2.05, 4.69) is 17.4 Å². The molecule has 0 unspecified atom stereocenters. The highest BCUT2D eigenvalue weighted by Gasteiger charge is 2.37. The fourth-order valence-corrected chi connectivity index (χ4v) is 2.51. The molecule has 1 fully saturated rings. The molecule has 0 aliphatic carbocycles. The van der Waals surface area contributed by atoms with Gasteiger partial charge in [0.15, 0.2) is 5.69 Å². The molecule has 1 aliphatic rings. The molecule has 2 amide bonds. The van der Waals surface area contributed by atoms with Crippen LogP contribution in [0.1, 0.15) is 28.7 Å². The first-order valence-corrected chi connectivity index (χ1v) is 7.69. The summed E-state index contributed by atoms with van der Waals surface area (Å²) in [5, 5.41) is 6.59. The fraction of sp³-hybridized carbons (Fsp3) is 0.353. The molecule has 2 heterocycles. The van der Waals surface area contributed by atoms with Gasteiger partial charge in [-0.1, -0.05) is 24.2 Å². The highest BCUT2D eigenvalue weighted by Crippen LogP contribution is 2.21. The number of carbonyl (C=O) groups excluding carboxylic acids is 2. The number of benzene rings is 1. The van der Waals surface area contributed by atoms with Gasteiger partial charge in [0.25, 0.3) is 5.91 Å². The summed E-state index contributed by atoms with van der Waals surface area (Å²) < 4.78 is 4.90. The summed E-state index contributed by atoms with van der Waals surface area (Å²) in [6, 6.07) is 9.40. The van der Waals surface area contributed by atoms with Gasteiger partial charge >= 0.3 is 0 Å². The van der Waals surface area contributed by atoms with Gasteiger partial charge in [-0.05, 0) is 31.0 Å². The number of hydrogen-bond donors (Lipinski definition) is 1. The second-order valence-corrected chi connectivity index (χ2v) is 5.77. The van der Waals surface area contributed by atoms with Crippen LogP contribution in [0.2, 0.25) is 0 Å². The van der Waals surface area contributed by atoms with Gasteiger partial charge < -0.3 is 14.7 Å². The van der Waals surface area contributed by atoms with E-state index in [0.717, 1.165) is 12.1 Å². The van der Waals surface area contributed by atoms with Gasteiger partial charge in [-0.3, -0.25) is 9.59 Å². The predicted molar refractivity (Wildman–Crippen MR) is 85.1 cm³/mol. The van der Waals surface area contributed by atoms with E-state index in [-0.39, 0.29) is 23.4 Å². The number of rotatable bonds is 4. The van der Waals surface area contributed by atoms with E-state index in [1.54, 1.807) is 17.9 Å². The predicted octanol–water partition coefficient (Wildman–Crippen LogP) is 2.26. The molecule has 1 N–H and O–H groups in total. The molecule has 1 aromatic carbocycles. The van der Waals surface area contributed by atoms with Crippen LogP contribution in [0.15, 0.2) is 34.9 Å². The van der Waals surface area contributed by atoms with Crippen LogP contribution < -0.4 is 5.32 Å². The number of carbonyl (C=O) groups is 2. The first-order chi connectivity index (χ1) is 11.1. The first-order valence-electron chi connectivity index (χ1n) is 7.69. The second kappa shape index (κ2) is 6.24. The Kier molecular flexibility index (Phi) is 4.14. The normalized spacial score (nSPS) is 14.4. The lowest BCUT2D eigenvalue weighted by Gasteiger charge is -2.37. The second-order valence-electron chi connectivity index (χ2n) is 5.77. The lowest BCUT2D eigenvalue weighted by atomic mass is 9.98. The molecule has 120 valence electrons. The van der Waals surface area contributed by atoms with Crippen LogP contribution in [0, 0.1) is 12.8 Å². The van der Waals surface area contributed by atoms with E-state index in [1.165, 1.54) is 5.56 Å². The van der Waals surface area contributed by atoms with Crippen LogP contribution in [0.5, 0.6) is 0 Å². The monoisotopic (exact) mass is 313 g/mol. The van der Waals surface area contributed by atoms with Crippen LogP contribution in [-0.2, 0) is 11.2 Å². The Bertz CT molecular complexity index is 715. The number of aryl methyl sites for hydroxylation is 2. The third kappa shape index (κ3) is 3.26. The first kappa shape index (κ1) is 15.3. The van der Waals surface area contributed by atoms with Crippen molar-refractivity contribution in [3.8, 4) is 0 Å². The van der Waals surface area contributed by atoms with Crippen molar-refractivity contribution in [3.05, 3.63) is 47.3 Å². The van der Waals surface area contributed by atoms with E-state index in [4.69, 9.17) is 4.52 Å². The van der Waals surface area contributed by atoms with Crippen LogP contribution in [0.3, 0.4) is 0 Å². The summed E-state index contributed by atoms with van der Waals surface area (Å²) in [6.45, 7) is 4.64. The van der Waals surface area contributed by atoms with E-state index >= 15 is 0 Å². The average molecular weight is 313 g/mol. The third-order valence-corrected chi connectivity index (χ3v) is 4.02. The molecule has 3 rings (SSSR count). The number of amides is 2. The van der Waals surface area contributed by atoms with Crippen molar-refractivity contribution in [1.29, 1.82) is 0 Å². The number of hydrogen-bond acceptors (Lipinski definition) is 4. The van der Waals surface area contributed by atoms with Crippen molar-refractivity contribution in [2.75, 3.05) is 18.4 Å². The molecule has 1 saturated heterocycles. The summed E-state index contributed by atoms with van der Waals surface area (Å²) in [5.74, 6) is 0.157. The number of anilines is 1. The molecule has 1 aromatic heterocycles. The topological polar surface area (TPSA) is 75.4 Å². The zero-order valence-corrected chi connectivity index (χ0v) is 13.2. The smallest absolute Gasteiger partial charge is 0.276 e. The number of likely N-dealkylation sites (tertiary alicyclic amines) is 1. The molecule has 0 bridgehead atoms. The quantitative estimate of drug-likeness (QED) is 0.939. The largest absolute Gasteiger partial charge is 0.361 e. The molecule has 1 aliphatic heterocycles. The molecular weight excluding hydrogens is 294 g/mol. The van der Waals surface area contributed by atoms with Gasteiger partial charge in [-0.15, -0.1) is 0 Å². The standard InChI is InChI=1S/C17H19N3O3/c1-3-12-4-6-14(7-5-12)18-16(21)13-9-20(10-13)17(22)15-8-11(2)23-19-15/h4-8,13H,3,9-10H2,1-2H3,(H,18,21). The number of nitrogens with one attached hydrogen (secondary N) is 1. The van der Waals surface area contributed by atoms with E-state index in [0.29, 0.717) is 18.8 Å². The third-order valence-electron chi connectivity index (χ3n) is 4.02. The number of aromatic nitrogens is 1. The molecule has 6 nitrogen and oxygen atoms in total. The Labute approximate surface area is 134 Å². The summed E-state index contributed by atoms with van der Waals surface area (Å²) in [7, 11) is 0. The summed E-state index contributed by atoms with van der Waals surface area (Å²) in [6.07, 6.45) is 0.968. The lowest BCUT2D eigenvalue weighted by molar-refractivity contribution is -0.123. The Morgan fingerprint density at radius 2 is 2.00 bits per heavy atom. The van der Waals surface area contributed by atoms with Crippen LogP contribution in [0.4, 0.5) is 5.69 Å². The average Bonchev–Trinajstić information content (AvgIpc) is 2.93. The minimum Gasteiger partial charge on any atom is -0.361 e. The van der Waals surface area contributed by atoms with Crippen molar-refractivity contribution in [3.63, 3.8) is 0 Å². The van der Waals surface area contributed by atoms with Crippen molar-refractivity contribution in [2.45, 2.75) is 20.3 Å². The molecule has 0 saturated carbocycles. The Morgan fingerprint density at radius 3 is 2.57 bits per heavy atom. The van der Waals surface area contributed by atoms with Crippen molar-refractivity contribution < 1.29 is 14.1 Å². The van der Waals surface area contributed by atoms with Gasteiger partial charge in [0.1, 0.15) is 5.76 Å². The van der Waals surface area contributed by atoms with Gasteiger partial charge in [0, 0.05) is 24.8 Å². The maximum atomic E-state index is 12.2. The van der Waals surface area contributed by atoms with Gasteiger partial charge in [0.2, 0.25) is 5.91 Å². The van der Waals surface area contributed by atoms with Crippen LogP contribution in [-0.4, -0.2) is 35.0 Å². The van der Waals surface area contributed by atoms with Crippen molar-refractivity contribution >= 4 is 17.5 Å². The maximum absolute atomic E-state index is 12.2. The van der Waals surface area contributed by atoms with Gasteiger partial charge in [-0.25, -0.2) is 0 Å². The summed E-state index contributed by atoms with van der Waals surface area (Å²) in [5.41, 5.74) is 2.30.